The van der Waals surface area contributed by atoms with Gasteiger partial charge in [-0.25, -0.2) is 0 Å². The lowest BCUT2D eigenvalue weighted by Gasteiger charge is -1.96. The lowest BCUT2D eigenvalue weighted by molar-refractivity contribution is 0.471. The zero-order chi connectivity index (χ0) is 9.80. The first kappa shape index (κ1) is 8.82. The van der Waals surface area contributed by atoms with Gasteiger partial charge < -0.3 is 5.11 Å². The predicted octanol–water partition coefficient (Wildman–Crippen LogP) is 3.41. The van der Waals surface area contributed by atoms with Crippen molar-refractivity contribution in [2.75, 3.05) is 0 Å². The molecule has 0 fully saturated rings. The Morgan fingerprint density at radius 2 is 1.86 bits per heavy atom. The Bertz CT molecular complexity index is 418. The van der Waals surface area contributed by atoms with Crippen LogP contribution in [0.3, 0.4) is 0 Å². The molecule has 1 heteroatoms. The molecule has 2 aliphatic carbocycles. The molecule has 0 radical (unpaired) electrons. The van der Waals surface area contributed by atoms with Crippen LogP contribution in [-0.2, 0) is 6.42 Å². The van der Waals surface area contributed by atoms with Crippen molar-refractivity contribution in [1.29, 1.82) is 0 Å². The standard InChI is InChI=1S/C13H12O/c14-10-4-6-12-9-8-11-5-2-1-3-7-13(11)12/h1-5,7-10,14H,6H2. The van der Waals surface area contributed by atoms with E-state index in [2.05, 4.69) is 24.3 Å². The smallest absolute Gasteiger partial charge is 0.0755 e. The molecule has 2 rings (SSSR count). The van der Waals surface area contributed by atoms with E-state index in [1.54, 1.807) is 6.08 Å². The maximum Gasteiger partial charge on any atom is 0.0755 e. The third-order valence-electron chi connectivity index (χ3n) is 2.33. The molecule has 0 saturated heterocycles. The molecule has 0 aromatic rings. The van der Waals surface area contributed by atoms with E-state index in [0.717, 1.165) is 12.7 Å². The van der Waals surface area contributed by atoms with Gasteiger partial charge in [0.05, 0.1) is 6.26 Å². The quantitative estimate of drug-likeness (QED) is 0.709. The van der Waals surface area contributed by atoms with E-state index in [9.17, 15) is 0 Å². The highest BCUT2D eigenvalue weighted by atomic mass is 16.2. The largest absolute Gasteiger partial charge is 0.516 e. The summed E-state index contributed by atoms with van der Waals surface area (Å²) in [4.78, 5) is 0. The van der Waals surface area contributed by atoms with Crippen LogP contribution in [0.4, 0.5) is 0 Å². The van der Waals surface area contributed by atoms with Crippen LogP contribution < -0.4 is 0 Å². The van der Waals surface area contributed by atoms with Crippen LogP contribution >= 0.6 is 0 Å². The minimum Gasteiger partial charge on any atom is -0.516 e. The van der Waals surface area contributed by atoms with E-state index >= 15 is 0 Å². The number of hydrogen-bond acceptors (Lipinski definition) is 1. The predicted molar refractivity (Wildman–Crippen MR) is 58.5 cm³/mol. The van der Waals surface area contributed by atoms with Gasteiger partial charge in [0.15, 0.2) is 0 Å². The highest BCUT2D eigenvalue weighted by molar-refractivity contribution is 5.70. The average molecular weight is 184 g/mol. The number of aliphatic hydroxyl groups excluding tert-OH is 1. The van der Waals surface area contributed by atoms with Gasteiger partial charge in [-0.05, 0) is 29.2 Å². The molecule has 0 aromatic carbocycles. The molecule has 1 nitrogen and oxygen atoms in total. The molecule has 2 aliphatic rings. The van der Waals surface area contributed by atoms with Crippen molar-refractivity contribution in [3.63, 3.8) is 0 Å². The summed E-state index contributed by atoms with van der Waals surface area (Å²) in [5.74, 6) is 0. The van der Waals surface area contributed by atoms with Crippen LogP contribution in [0, 0.1) is 0 Å². The lowest BCUT2D eigenvalue weighted by Crippen LogP contribution is -1.78. The fourth-order valence-electron chi connectivity index (χ4n) is 1.64. The summed E-state index contributed by atoms with van der Waals surface area (Å²) in [5, 5.41) is 8.61. The zero-order valence-electron chi connectivity index (χ0n) is 7.85. The minimum absolute atomic E-state index is 0.782. The van der Waals surface area contributed by atoms with Crippen molar-refractivity contribution in [3.05, 3.63) is 60.4 Å². The first-order chi connectivity index (χ1) is 6.92. The van der Waals surface area contributed by atoms with Crippen molar-refractivity contribution < 1.29 is 5.11 Å². The first-order valence-corrected chi connectivity index (χ1v) is 4.67. The summed E-state index contributed by atoms with van der Waals surface area (Å²) in [6.45, 7) is 0. The van der Waals surface area contributed by atoms with Crippen LogP contribution in [0.25, 0.3) is 11.1 Å². The summed E-state index contributed by atoms with van der Waals surface area (Å²) in [5.41, 5.74) is 3.76. The Morgan fingerprint density at radius 1 is 1.00 bits per heavy atom. The van der Waals surface area contributed by atoms with Gasteiger partial charge in [-0.15, -0.1) is 0 Å². The normalized spacial score (nSPS) is 11.1. The number of hydrogen-bond donors (Lipinski definition) is 1. The maximum absolute atomic E-state index is 8.61. The van der Waals surface area contributed by atoms with Crippen molar-refractivity contribution in [2.24, 2.45) is 0 Å². The van der Waals surface area contributed by atoms with Gasteiger partial charge in [0.2, 0.25) is 0 Å². The summed E-state index contributed by atoms with van der Waals surface area (Å²) in [6.07, 6.45) is 3.63. The van der Waals surface area contributed by atoms with Gasteiger partial charge in [0, 0.05) is 0 Å². The summed E-state index contributed by atoms with van der Waals surface area (Å²) in [6, 6.07) is 14.5. The highest BCUT2D eigenvalue weighted by Crippen LogP contribution is 2.27. The minimum atomic E-state index is 0.782. The van der Waals surface area contributed by atoms with Crippen LogP contribution in [0.5, 0.6) is 0 Å². The molecular formula is C13H12O. The molecule has 0 amide bonds. The van der Waals surface area contributed by atoms with Crippen LogP contribution in [0.2, 0.25) is 0 Å². The first-order valence-electron chi connectivity index (χ1n) is 4.67. The van der Waals surface area contributed by atoms with Crippen molar-refractivity contribution in [3.8, 4) is 11.1 Å². The third kappa shape index (κ3) is 1.62. The maximum atomic E-state index is 8.61. The topological polar surface area (TPSA) is 20.2 Å². The van der Waals surface area contributed by atoms with E-state index in [0.29, 0.717) is 0 Å². The molecule has 14 heavy (non-hydrogen) atoms. The van der Waals surface area contributed by atoms with Gasteiger partial charge in [-0.3, -0.25) is 0 Å². The Labute approximate surface area is 83.7 Å². The molecule has 0 unspecified atom stereocenters. The lowest BCUT2D eigenvalue weighted by atomic mass is 10.1. The Morgan fingerprint density at radius 3 is 2.71 bits per heavy atom. The molecule has 0 aliphatic heterocycles. The second-order valence-corrected chi connectivity index (χ2v) is 3.23. The number of fused-ring (bicyclic) bond motifs is 1. The van der Waals surface area contributed by atoms with Gasteiger partial charge >= 0.3 is 0 Å². The molecular weight excluding hydrogens is 172 g/mol. The molecule has 0 saturated carbocycles. The summed E-state index contributed by atoms with van der Waals surface area (Å²) >= 11 is 0. The monoisotopic (exact) mass is 184 g/mol. The van der Waals surface area contributed by atoms with E-state index in [1.165, 1.54) is 16.7 Å². The molecule has 0 aromatic heterocycles. The molecule has 0 atom stereocenters. The Hall–Kier alpha value is -1.76. The fraction of sp³-hybridized carbons (Fsp3) is 0.0769. The number of aliphatic hydroxyl groups is 1. The second kappa shape index (κ2) is 3.97. The molecule has 0 heterocycles. The van der Waals surface area contributed by atoms with Crippen LogP contribution in [0.15, 0.2) is 54.8 Å². The van der Waals surface area contributed by atoms with Gasteiger partial charge in [0.25, 0.3) is 0 Å². The third-order valence-corrected chi connectivity index (χ3v) is 2.33. The second-order valence-electron chi connectivity index (χ2n) is 3.23. The molecule has 1 N–H and O–H groups in total. The van der Waals surface area contributed by atoms with Gasteiger partial charge in [-0.2, -0.15) is 0 Å². The molecule has 70 valence electrons. The van der Waals surface area contributed by atoms with Crippen LogP contribution in [0.1, 0.15) is 5.56 Å². The molecule has 0 bridgehead atoms. The molecule has 0 spiro atoms. The highest BCUT2D eigenvalue weighted by Gasteiger charge is 2.05. The average Bonchev–Trinajstić information content (AvgIpc) is 2.45. The Balaban J connectivity index is 2.42. The number of rotatable bonds is 2. The van der Waals surface area contributed by atoms with Crippen molar-refractivity contribution >= 4 is 0 Å². The van der Waals surface area contributed by atoms with Gasteiger partial charge in [-0.1, -0.05) is 42.5 Å². The van der Waals surface area contributed by atoms with E-state index < -0.39 is 0 Å². The summed E-state index contributed by atoms with van der Waals surface area (Å²) < 4.78 is 0. The Kier molecular flexibility index (Phi) is 2.50. The van der Waals surface area contributed by atoms with Crippen LogP contribution in [-0.4, -0.2) is 5.11 Å². The number of allylic oxidation sites excluding steroid dienone is 1. The fourth-order valence-corrected chi connectivity index (χ4v) is 1.64. The summed E-state index contributed by atoms with van der Waals surface area (Å²) in [7, 11) is 0. The SMILES string of the molecule is OC=CCc1ccc2cccccc1-2. The van der Waals surface area contributed by atoms with E-state index in [4.69, 9.17) is 5.11 Å². The van der Waals surface area contributed by atoms with Crippen molar-refractivity contribution in [2.45, 2.75) is 6.42 Å². The zero-order valence-corrected chi connectivity index (χ0v) is 7.85. The van der Waals surface area contributed by atoms with E-state index in [-0.39, 0.29) is 0 Å². The van der Waals surface area contributed by atoms with Crippen molar-refractivity contribution in [1.82, 2.24) is 0 Å². The van der Waals surface area contributed by atoms with Gasteiger partial charge in [0.1, 0.15) is 0 Å². The van der Waals surface area contributed by atoms with E-state index in [1.807, 2.05) is 18.2 Å².